The quantitative estimate of drug-likeness (QED) is 0.114. The largest absolute Gasteiger partial charge is 0.573 e. The average Bonchev–Trinajstić information content (AvgIpc) is 3.10. The number of carbonyl (C=O) groups excluding carboxylic acids is 2. The van der Waals surface area contributed by atoms with Crippen LogP contribution in [0.5, 0.6) is 23.0 Å². The van der Waals surface area contributed by atoms with Crippen LogP contribution in [0.15, 0.2) is 109 Å². The second-order valence-corrected chi connectivity index (χ2v) is 11.9. The number of fused-ring (bicyclic) bond motifs is 1. The first-order chi connectivity index (χ1) is 24.5. The van der Waals surface area contributed by atoms with Crippen LogP contribution in [0.3, 0.4) is 0 Å². The lowest BCUT2D eigenvalue weighted by molar-refractivity contribution is -0.274. The minimum Gasteiger partial charge on any atom is -0.490 e. The average molecular weight is 700 g/mol. The molecule has 1 saturated carbocycles. The van der Waals surface area contributed by atoms with E-state index in [1.807, 2.05) is 36.4 Å². The maximum atomic E-state index is 12.7. The molecule has 1 fully saturated rings. The molecule has 6 rings (SSSR count). The van der Waals surface area contributed by atoms with Gasteiger partial charge in [0.2, 0.25) is 0 Å². The molecule has 1 aliphatic carbocycles. The van der Waals surface area contributed by atoms with Crippen LogP contribution in [-0.2, 0) is 0 Å². The first kappa shape index (κ1) is 34.6. The van der Waals surface area contributed by atoms with Gasteiger partial charge in [0.25, 0.3) is 5.91 Å². The number of carbonyl (C=O) groups is 3. The molecule has 13 heteroatoms. The second kappa shape index (κ2) is 15.1. The van der Waals surface area contributed by atoms with E-state index in [0.717, 1.165) is 41.5 Å². The lowest BCUT2D eigenvalue weighted by Gasteiger charge is -2.29. The van der Waals surface area contributed by atoms with Gasteiger partial charge in [0.15, 0.2) is 0 Å². The Morgan fingerprint density at radius 3 is 1.96 bits per heavy atom. The third kappa shape index (κ3) is 9.47. The number of amides is 3. The van der Waals surface area contributed by atoms with Gasteiger partial charge in [0, 0.05) is 17.3 Å². The van der Waals surface area contributed by atoms with Crippen LogP contribution in [0.2, 0.25) is 0 Å². The van der Waals surface area contributed by atoms with Crippen molar-refractivity contribution in [1.82, 2.24) is 5.32 Å². The smallest absolute Gasteiger partial charge is 0.490 e. The second-order valence-electron chi connectivity index (χ2n) is 11.9. The Morgan fingerprint density at radius 1 is 0.686 bits per heavy atom. The van der Waals surface area contributed by atoms with Crippen molar-refractivity contribution >= 4 is 40.1 Å². The highest BCUT2D eigenvalue weighted by Gasteiger charge is 2.31. The third-order valence-electron chi connectivity index (χ3n) is 8.20. The number of halogens is 3. The zero-order chi connectivity index (χ0) is 36.0. The maximum Gasteiger partial charge on any atom is 0.573 e. The predicted octanol–water partition coefficient (Wildman–Crippen LogP) is 8.99. The molecule has 0 spiro atoms. The fraction of sp³-hybridized carbons (Fsp3) is 0.184. The molecule has 0 radical (unpaired) electrons. The summed E-state index contributed by atoms with van der Waals surface area (Å²) in [6.07, 6.45) is -1.94. The van der Waals surface area contributed by atoms with Crippen molar-refractivity contribution in [1.29, 1.82) is 0 Å². The van der Waals surface area contributed by atoms with Crippen LogP contribution in [0.1, 0.15) is 46.4 Å². The fourth-order valence-corrected chi connectivity index (χ4v) is 5.73. The number of hydrogen-bond acceptors (Lipinski definition) is 6. The highest BCUT2D eigenvalue weighted by Crippen LogP contribution is 2.31. The van der Waals surface area contributed by atoms with Crippen molar-refractivity contribution in [3.8, 4) is 23.0 Å². The number of aromatic carboxylic acids is 1. The van der Waals surface area contributed by atoms with E-state index < -0.39 is 24.3 Å². The molecule has 3 amide bonds. The van der Waals surface area contributed by atoms with Gasteiger partial charge in [-0.2, -0.15) is 0 Å². The summed E-state index contributed by atoms with van der Waals surface area (Å²) in [6, 6.07) is 28.6. The molecule has 0 aromatic heterocycles. The Kier molecular flexibility index (Phi) is 10.3. The molecule has 0 atom stereocenters. The molecule has 0 unspecified atom stereocenters. The van der Waals surface area contributed by atoms with Crippen LogP contribution in [0.4, 0.5) is 29.3 Å². The van der Waals surface area contributed by atoms with Crippen LogP contribution in [0, 0.1) is 0 Å². The van der Waals surface area contributed by atoms with Crippen molar-refractivity contribution in [2.75, 3.05) is 10.6 Å². The molecule has 1 aliphatic rings. The van der Waals surface area contributed by atoms with E-state index >= 15 is 0 Å². The number of urea groups is 1. The van der Waals surface area contributed by atoms with E-state index in [9.17, 15) is 32.7 Å². The molecular weight excluding hydrogens is 667 g/mol. The monoisotopic (exact) mass is 699 g/mol. The lowest BCUT2D eigenvalue weighted by Crippen LogP contribution is -2.41. The Bertz CT molecular complexity index is 2030. The number of nitrogens with one attached hydrogen (secondary N) is 3. The minimum absolute atomic E-state index is 0.00131. The minimum atomic E-state index is -4.78. The lowest BCUT2D eigenvalue weighted by atomic mass is 9.93. The maximum absolute atomic E-state index is 12.7. The van der Waals surface area contributed by atoms with Gasteiger partial charge in [-0.3, -0.25) is 4.79 Å². The molecular formula is C38H32F3N3O7. The fourth-order valence-electron chi connectivity index (χ4n) is 5.73. The van der Waals surface area contributed by atoms with Crippen LogP contribution in [0.25, 0.3) is 10.8 Å². The van der Waals surface area contributed by atoms with E-state index in [4.69, 9.17) is 9.47 Å². The van der Waals surface area contributed by atoms with Crippen molar-refractivity contribution in [3.63, 3.8) is 0 Å². The van der Waals surface area contributed by atoms with E-state index in [-0.39, 0.29) is 29.1 Å². The van der Waals surface area contributed by atoms with Crippen LogP contribution >= 0.6 is 0 Å². The van der Waals surface area contributed by atoms with E-state index in [1.165, 1.54) is 24.3 Å². The Hall–Kier alpha value is -6.24. The number of para-hydroxylation sites is 1. The third-order valence-corrected chi connectivity index (χ3v) is 8.20. The summed E-state index contributed by atoms with van der Waals surface area (Å²) >= 11 is 0. The topological polar surface area (TPSA) is 135 Å². The molecule has 4 N–H and O–H groups in total. The van der Waals surface area contributed by atoms with Crippen LogP contribution < -0.4 is 30.2 Å². The first-order valence-corrected chi connectivity index (χ1v) is 16.0. The molecule has 0 heterocycles. The number of benzene rings is 5. The number of alkyl halides is 3. The summed E-state index contributed by atoms with van der Waals surface area (Å²) in [5.74, 6) is -0.0994. The molecule has 5 aromatic rings. The van der Waals surface area contributed by atoms with Crippen molar-refractivity contribution < 1.29 is 46.9 Å². The standard InChI is InChI=1S/C38H32F3N3O7/c39-38(40,41)51-30-19-11-27(12-20-30)43-37(48)42-26-9-17-29(18-10-26)50-32-16-8-24-21-31(15-7-25(24)22-32)49-28-13-5-23(6-14-28)35(45)44-34-4-2-1-3-33(34)36(46)47/h1-8,11-16,19-22,26,29H,9-10,17-18H2,(H,44,45)(H,46,47)(H2,42,43,48). The SMILES string of the molecule is O=C(Nc1ccc(OC(F)(F)F)cc1)NC1CCC(Oc2ccc3cc(Oc4ccc(C(=O)Nc5ccccc5C(=O)O)cc4)ccc3c2)CC1. The van der Waals surface area contributed by atoms with Crippen molar-refractivity contribution in [2.45, 2.75) is 44.2 Å². The molecule has 0 bridgehead atoms. The summed E-state index contributed by atoms with van der Waals surface area (Å²) in [5, 5.41) is 19.4. The summed E-state index contributed by atoms with van der Waals surface area (Å²) in [6.45, 7) is 0. The number of rotatable bonds is 10. The number of carboxylic acids is 1. The molecule has 51 heavy (non-hydrogen) atoms. The van der Waals surface area contributed by atoms with E-state index in [0.29, 0.717) is 35.6 Å². The zero-order valence-electron chi connectivity index (χ0n) is 26.9. The van der Waals surface area contributed by atoms with E-state index in [1.54, 1.807) is 36.4 Å². The van der Waals surface area contributed by atoms with Gasteiger partial charge in [-0.1, -0.05) is 24.3 Å². The summed E-state index contributed by atoms with van der Waals surface area (Å²) < 4.78 is 53.2. The molecule has 10 nitrogen and oxygen atoms in total. The molecule has 0 aliphatic heterocycles. The van der Waals surface area contributed by atoms with Gasteiger partial charge in [-0.05, 0) is 121 Å². The number of carboxylic acid groups (broad SMARTS) is 1. The summed E-state index contributed by atoms with van der Waals surface area (Å²) in [5.41, 5.74) is 0.890. The number of hydrogen-bond donors (Lipinski definition) is 4. The number of anilines is 2. The Balaban J connectivity index is 0.966. The Labute approximate surface area is 290 Å². The molecule has 0 saturated heterocycles. The van der Waals surface area contributed by atoms with Gasteiger partial charge in [-0.15, -0.1) is 13.2 Å². The summed E-state index contributed by atoms with van der Waals surface area (Å²) in [7, 11) is 0. The van der Waals surface area contributed by atoms with Crippen molar-refractivity contribution in [2.24, 2.45) is 0 Å². The highest BCUT2D eigenvalue weighted by molar-refractivity contribution is 6.07. The first-order valence-electron chi connectivity index (χ1n) is 16.0. The summed E-state index contributed by atoms with van der Waals surface area (Å²) in [4.78, 5) is 36.6. The predicted molar refractivity (Wildman–Crippen MR) is 184 cm³/mol. The molecule has 262 valence electrons. The van der Waals surface area contributed by atoms with Gasteiger partial charge >= 0.3 is 18.4 Å². The van der Waals surface area contributed by atoms with E-state index in [2.05, 4.69) is 20.7 Å². The highest BCUT2D eigenvalue weighted by atomic mass is 19.4. The van der Waals surface area contributed by atoms with Crippen LogP contribution in [-0.4, -0.2) is 41.5 Å². The normalized spacial score (nSPS) is 15.7. The zero-order valence-corrected chi connectivity index (χ0v) is 26.9. The van der Waals surface area contributed by atoms with Crippen molar-refractivity contribution in [3.05, 3.63) is 120 Å². The molecule has 5 aromatic carbocycles. The van der Waals surface area contributed by atoms with Gasteiger partial charge in [0.05, 0.1) is 17.4 Å². The van der Waals surface area contributed by atoms with Gasteiger partial charge in [0.1, 0.15) is 23.0 Å². The Morgan fingerprint density at radius 2 is 1.29 bits per heavy atom. The van der Waals surface area contributed by atoms with Gasteiger partial charge < -0.3 is 35.3 Å². The van der Waals surface area contributed by atoms with Gasteiger partial charge in [-0.25, -0.2) is 9.59 Å². The number of ether oxygens (including phenoxy) is 3.